The van der Waals surface area contributed by atoms with Gasteiger partial charge in [-0.05, 0) is 43.2 Å². The second kappa shape index (κ2) is 4.40. The molecule has 0 aromatic carbocycles. The summed E-state index contributed by atoms with van der Waals surface area (Å²) in [5.41, 5.74) is 0.641. The predicted molar refractivity (Wildman–Crippen MR) is 59.6 cm³/mol. The van der Waals surface area contributed by atoms with Crippen molar-refractivity contribution in [3.05, 3.63) is 24.2 Å². The van der Waals surface area contributed by atoms with Gasteiger partial charge in [0.25, 0.3) is 0 Å². The van der Waals surface area contributed by atoms with Gasteiger partial charge >= 0.3 is 0 Å². The van der Waals surface area contributed by atoms with Crippen LogP contribution in [0.2, 0.25) is 0 Å². The molecule has 1 heterocycles. The van der Waals surface area contributed by atoms with Crippen molar-refractivity contribution in [1.29, 1.82) is 0 Å². The molecular weight excluding hydrogens is 188 g/mol. The molecule has 0 spiro atoms. The molecule has 2 rings (SSSR count). The lowest BCUT2D eigenvalue weighted by atomic mass is 9.75. The van der Waals surface area contributed by atoms with Gasteiger partial charge in [0.2, 0.25) is 0 Å². The molecule has 84 valence electrons. The Labute approximate surface area is 91.3 Å². The van der Waals surface area contributed by atoms with E-state index in [0.29, 0.717) is 0 Å². The van der Waals surface area contributed by atoms with Crippen LogP contribution >= 0.6 is 0 Å². The van der Waals surface area contributed by atoms with Crippen LogP contribution in [0.5, 0.6) is 0 Å². The van der Waals surface area contributed by atoms with Crippen molar-refractivity contribution in [2.24, 2.45) is 5.92 Å². The lowest BCUT2D eigenvalue weighted by molar-refractivity contribution is -0.00932. The van der Waals surface area contributed by atoms with Crippen LogP contribution in [0.4, 0.5) is 0 Å². The van der Waals surface area contributed by atoms with Crippen LogP contribution in [0.25, 0.3) is 0 Å². The van der Waals surface area contributed by atoms with Crippen LogP contribution in [0.1, 0.15) is 44.6 Å². The first-order valence-corrected chi connectivity index (χ1v) is 5.95. The Kier molecular flexibility index (Phi) is 3.15. The highest BCUT2D eigenvalue weighted by Crippen LogP contribution is 2.35. The van der Waals surface area contributed by atoms with E-state index < -0.39 is 5.60 Å². The first-order valence-electron chi connectivity index (χ1n) is 5.95. The van der Waals surface area contributed by atoms with E-state index in [1.165, 1.54) is 19.3 Å². The fraction of sp³-hybridized carbons (Fsp3) is 0.692. The van der Waals surface area contributed by atoms with Crippen LogP contribution in [0.15, 0.2) is 23.0 Å². The standard InChI is InChI=1S/C13H20O2/c1-2-11-3-6-13(14,7-4-11)9-12-5-8-15-10-12/h5,8,10-11,14H,2-4,6-7,9H2,1H3. The molecule has 0 amide bonds. The fourth-order valence-electron chi connectivity index (χ4n) is 2.57. The monoisotopic (exact) mass is 208 g/mol. The van der Waals surface area contributed by atoms with E-state index in [1.807, 2.05) is 6.07 Å². The summed E-state index contributed by atoms with van der Waals surface area (Å²) < 4.78 is 5.03. The van der Waals surface area contributed by atoms with Crippen molar-refractivity contribution >= 4 is 0 Å². The number of hydrogen-bond acceptors (Lipinski definition) is 2. The molecule has 1 aliphatic rings. The van der Waals surface area contributed by atoms with Gasteiger partial charge in [0.05, 0.1) is 18.1 Å². The van der Waals surface area contributed by atoms with Crippen LogP contribution in [-0.2, 0) is 6.42 Å². The van der Waals surface area contributed by atoms with Crippen molar-refractivity contribution < 1.29 is 9.52 Å². The van der Waals surface area contributed by atoms with Crippen molar-refractivity contribution in [2.75, 3.05) is 0 Å². The highest BCUT2D eigenvalue weighted by atomic mass is 16.3. The van der Waals surface area contributed by atoms with Crippen molar-refractivity contribution in [2.45, 2.75) is 51.0 Å². The average Bonchev–Trinajstić information content (AvgIpc) is 2.71. The minimum absolute atomic E-state index is 0.477. The molecule has 0 aliphatic heterocycles. The number of hydrogen-bond donors (Lipinski definition) is 1. The zero-order valence-electron chi connectivity index (χ0n) is 9.41. The summed E-state index contributed by atoms with van der Waals surface area (Å²) in [5, 5.41) is 10.4. The summed E-state index contributed by atoms with van der Waals surface area (Å²) in [6, 6.07) is 1.95. The fourth-order valence-corrected chi connectivity index (χ4v) is 2.57. The lowest BCUT2D eigenvalue weighted by Gasteiger charge is -2.35. The van der Waals surface area contributed by atoms with Crippen molar-refractivity contribution in [3.63, 3.8) is 0 Å². The van der Waals surface area contributed by atoms with E-state index in [2.05, 4.69) is 6.92 Å². The van der Waals surface area contributed by atoms with E-state index in [1.54, 1.807) is 12.5 Å². The number of aliphatic hydroxyl groups is 1. The Morgan fingerprint density at radius 2 is 2.20 bits per heavy atom. The Bertz CT molecular complexity index is 281. The quantitative estimate of drug-likeness (QED) is 0.827. The molecule has 1 fully saturated rings. The minimum Gasteiger partial charge on any atom is -0.472 e. The molecule has 0 saturated heterocycles. The van der Waals surface area contributed by atoms with Gasteiger partial charge < -0.3 is 9.52 Å². The summed E-state index contributed by atoms with van der Waals surface area (Å²) in [7, 11) is 0. The van der Waals surface area contributed by atoms with Gasteiger partial charge in [-0.25, -0.2) is 0 Å². The first kappa shape index (κ1) is 10.7. The number of rotatable bonds is 3. The second-order valence-corrected chi connectivity index (χ2v) is 4.88. The molecule has 0 radical (unpaired) electrons. The van der Waals surface area contributed by atoms with Crippen LogP contribution in [-0.4, -0.2) is 10.7 Å². The minimum atomic E-state index is -0.477. The largest absolute Gasteiger partial charge is 0.472 e. The van der Waals surface area contributed by atoms with E-state index in [9.17, 15) is 5.11 Å². The third kappa shape index (κ3) is 2.63. The maximum Gasteiger partial charge on any atom is 0.0935 e. The van der Waals surface area contributed by atoms with E-state index in [-0.39, 0.29) is 0 Å². The summed E-state index contributed by atoms with van der Waals surface area (Å²) in [5.74, 6) is 0.828. The Hall–Kier alpha value is -0.760. The van der Waals surface area contributed by atoms with E-state index >= 15 is 0 Å². The third-order valence-electron chi connectivity index (χ3n) is 3.73. The number of furan rings is 1. The summed E-state index contributed by atoms with van der Waals surface area (Å²) >= 11 is 0. The summed E-state index contributed by atoms with van der Waals surface area (Å²) in [6.07, 6.45) is 9.64. The Balaban J connectivity index is 1.92. The van der Waals surface area contributed by atoms with Gasteiger partial charge in [-0.3, -0.25) is 0 Å². The SMILES string of the molecule is CCC1CCC(O)(Cc2ccoc2)CC1. The molecule has 1 aliphatic carbocycles. The van der Waals surface area contributed by atoms with E-state index in [0.717, 1.165) is 30.7 Å². The van der Waals surface area contributed by atoms with Crippen LogP contribution < -0.4 is 0 Å². The maximum atomic E-state index is 10.4. The van der Waals surface area contributed by atoms with Gasteiger partial charge in [-0.15, -0.1) is 0 Å². The second-order valence-electron chi connectivity index (χ2n) is 4.88. The Morgan fingerprint density at radius 3 is 2.73 bits per heavy atom. The molecule has 1 saturated carbocycles. The van der Waals surface area contributed by atoms with Gasteiger partial charge in [0, 0.05) is 6.42 Å². The molecule has 1 aromatic heterocycles. The molecule has 1 aromatic rings. The van der Waals surface area contributed by atoms with Crippen LogP contribution in [0, 0.1) is 5.92 Å². The molecule has 0 bridgehead atoms. The maximum absolute atomic E-state index is 10.4. The summed E-state index contributed by atoms with van der Waals surface area (Å²) in [6.45, 7) is 2.24. The zero-order chi connectivity index (χ0) is 10.7. The lowest BCUT2D eigenvalue weighted by Crippen LogP contribution is -2.36. The van der Waals surface area contributed by atoms with Gasteiger partial charge in [0.15, 0.2) is 0 Å². The molecule has 0 unspecified atom stereocenters. The average molecular weight is 208 g/mol. The zero-order valence-corrected chi connectivity index (χ0v) is 9.41. The predicted octanol–water partition coefficient (Wildman–Crippen LogP) is 3.15. The van der Waals surface area contributed by atoms with Gasteiger partial charge in [0.1, 0.15) is 0 Å². The molecule has 1 N–H and O–H groups in total. The van der Waals surface area contributed by atoms with Crippen molar-refractivity contribution in [1.82, 2.24) is 0 Å². The highest BCUT2D eigenvalue weighted by Gasteiger charge is 2.32. The first-order chi connectivity index (χ1) is 7.22. The Morgan fingerprint density at radius 1 is 1.47 bits per heavy atom. The molecular formula is C13H20O2. The normalized spacial score (nSPS) is 31.7. The van der Waals surface area contributed by atoms with Crippen molar-refractivity contribution in [3.8, 4) is 0 Å². The molecule has 2 nitrogen and oxygen atoms in total. The van der Waals surface area contributed by atoms with E-state index in [4.69, 9.17) is 4.42 Å². The molecule has 2 heteroatoms. The van der Waals surface area contributed by atoms with Crippen LogP contribution in [0.3, 0.4) is 0 Å². The highest BCUT2D eigenvalue weighted by molar-refractivity contribution is 5.10. The summed E-state index contributed by atoms with van der Waals surface area (Å²) in [4.78, 5) is 0. The third-order valence-corrected chi connectivity index (χ3v) is 3.73. The van der Waals surface area contributed by atoms with Gasteiger partial charge in [-0.2, -0.15) is 0 Å². The smallest absolute Gasteiger partial charge is 0.0935 e. The molecule has 15 heavy (non-hydrogen) atoms. The topological polar surface area (TPSA) is 33.4 Å². The molecule has 0 atom stereocenters. The van der Waals surface area contributed by atoms with Gasteiger partial charge in [-0.1, -0.05) is 13.3 Å².